The molecule has 0 fully saturated rings. The summed E-state index contributed by atoms with van der Waals surface area (Å²) in [5.74, 6) is 1.45. The fourth-order valence-corrected chi connectivity index (χ4v) is 5.08. The molecule has 0 saturated heterocycles. The van der Waals surface area contributed by atoms with Crippen LogP contribution in [0.3, 0.4) is 0 Å². The summed E-state index contributed by atoms with van der Waals surface area (Å²) in [5.41, 5.74) is 4.66. The van der Waals surface area contributed by atoms with Crippen molar-refractivity contribution in [1.29, 1.82) is 0 Å². The lowest BCUT2D eigenvalue weighted by atomic mass is 9.91. The second-order valence-corrected chi connectivity index (χ2v) is 10.3. The van der Waals surface area contributed by atoms with Gasteiger partial charge in [-0.25, -0.2) is 4.79 Å². The monoisotopic (exact) mass is 567 g/mol. The third-order valence-electron chi connectivity index (χ3n) is 7.05. The number of hydrogen-bond donors (Lipinski definition) is 3. The summed E-state index contributed by atoms with van der Waals surface area (Å²) in [7, 11) is 4.97. The summed E-state index contributed by atoms with van der Waals surface area (Å²) in [5, 5.41) is 9.52. The van der Waals surface area contributed by atoms with Crippen LogP contribution in [0.15, 0.2) is 79.1 Å². The third-order valence-corrected chi connectivity index (χ3v) is 7.05. The van der Waals surface area contributed by atoms with E-state index in [4.69, 9.17) is 14.2 Å². The SMILES string of the molecule is COc1ccccc1NCc1c(-c2ccc(OC(=O)Nc3cccnc3)cc2OC)ccc2c1N(C)C(=O)C(C)(C)N2. The molecule has 0 radical (unpaired) electrons. The maximum absolute atomic E-state index is 13.3. The van der Waals surface area contributed by atoms with Crippen molar-refractivity contribution < 1.29 is 23.8 Å². The fourth-order valence-electron chi connectivity index (χ4n) is 5.08. The minimum Gasteiger partial charge on any atom is -0.496 e. The number of para-hydroxylation sites is 2. The second-order valence-electron chi connectivity index (χ2n) is 10.3. The molecule has 2 amide bonds. The number of ether oxygens (including phenoxy) is 3. The van der Waals surface area contributed by atoms with Crippen molar-refractivity contribution in [3.8, 4) is 28.4 Å². The molecule has 216 valence electrons. The number of anilines is 4. The van der Waals surface area contributed by atoms with E-state index >= 15 is 0 Å². The Labute approximate surface area is 244 Å². The first-order valence-corrected chi connectivity index (χ1v) is 13.4. The van der Waals surface area contributed by atoms with Crippen LogP contribution in [0, 0.1) is 0 Å². The first-order valence-electron chi connectivity index (χ1n) is 13.4. The van der Waals surface area contributed by atoms with E-state index in [0.717, 1.165) is 33.8 Å². The number of carbonyl (C=O) groups excluding carboxylic acids is 2. The molecule has 5 rings (SSSR count). The molecule has 10 nitrogen and oxygen atoms in total. The van der Waals surface area contributed by atoms with Crippen LogP contribution in [0.4, 0.5) is 27.5 Å². The number of pyridine rings is 1. The highest BCUT2D eigenvalue weighted by atomic mass is 16.6. The molecule has 0 atom stereocenters. The Morgan fingerprint density at radius 2 is 1.74 bits per heavy atom. The Balaban J connectivity index is 1.53. The lowest BCUT2D eigenvalue weighted by Crippen LogP contribution is -2.52. The van der Waals surface area contributed by atoms with E-state index in [2.05, 4.69) is 20.9 Å². The van der Waals surface area contributed by atoms with Crippen molar-refractivity contribution in [3.63, 3.8) is 0 Å². The summed E-state index contributed by atoms with van der Waals surface area (Å²) >= 11 is 0. The lowest BCUT2D eigenvalue weighted by Gasteiger charge is -2.40. The van der Waals surface area contributed by atoms with Crippen LogP contribution < -0.4 is 35.1 Å². The molecule has 3 N–H and O–H groups in total. The molecular formula is C32H33N5O5. The first-order chi connectivity index (χ1) is 20.2. The average molecular weight is 568 g/mol. The van der Waals surface area contributed by atoms with E-state index in [1.807, 2.05) is 56.3 Å². The minimum atomic E-state index is -0.760. The Hall–Kier alpha value is -5.25. The quantitative estimate of drug-likeness (QED) is 0.232. The number of nitrogens with zero attached hydrogens (tertiary/aromatic N) is 2. The van der Waals surface area contributed by atoms with Crippen molar-refractivity contribution in [2.75, 3.05) is 42.1 Å². The van der Waals surface area contributed by atoms with Gasteiger partial charge in [0.2, 0.25) is 0 Å². The molecular weight excluding hydrogens is 534 g/mol. The van der Waals surface area contributed by atoms with Crippen LogP contribution in [0.1, 0.15) is 19.4 Å². The summed E-state index contributed by atoms with van der Waals surface area (Å²) < 4.78 is 16.8. The third kappa shape index (κ3) is 5.64. The van der Waals surface area contributed by atoms with E-state index < -0.39 is 11.6 Å². The molecule has 4 aromatic rings. The molecule has 0 saturated carbocycles. The van der Waals surface area contributed by atoms with E-state index in [9.17, 15) is 9.59 Å². The number of nitrogens with one attached hydrogen (secondary N) is 3. The number of fused-ring (bicyclic) bond motifs is 1. The zero-order valence-electron chi connectivity index (χ0n) is 24.1. The van der Waals surface area contributed by atoms with Gasteiger partial charge in [0.1, 0.15) is 22.8 Å². The number of hydrogen-bond acceptors (Lipinski definition) is 8. The number of rotatable bonds is 8. The highest BCUT2D eigenvalue weighted by Gasteiger charge is 2.38. The van der Waals surface area contributed by atoms with Gasteiger partial charge in [-0.2, -0.15) is 0 Å². The smallest absolute Gasteiger partial charge is 0.417 e. The zero-order valence-corrected chi connectivity index (χ0v) is 24.1. The molecule has 3 aromatic carbocycles. The molecule has 1 aromatic heterocycles. The maximum Gasteiger partial charge on any atom is 0.417 e. The molecule has 0 aliphatic carbocycles. The van der Waals surface area contributed by atoms with Gasteiger partial charge >= 0.3 is 6.09 Å². The van der Waals surface area contributed by atoms with Crippen LogP contribution in [0.2, 0.25) is 0 Å². The van der Waals surface area contributed by atoms with Crippen molar-refractivity contribution in [2.45, 2.75) is 25.9 Å². The number of methoxy groups -OCH3 is 2. The van der Waals surface area contributed by atoms with Crippen molar-refractivity contribution >= 4 is 34.7 Å². The average Bonchev–Trinajstić information content (AvgIpc) is 2.99. The Morgan fingerprint density at radius 1 is 0.976 bits per heavy atom. The van der Waals surface area contributed by atoms with Crippen LogP contribution in [0.5, 0.6) is 17.2 Å². The van der Waals surface area contributed by atoms with Crippen molar-refractivity contribution in [3.05, 3.63) is 84.7 Å². The predicted molar refractivity (Wildman–Crippen MR) is 164 cm³/mol. The van der Waals surface area contributed by atoms with E-state index in [1.54, 1.807) is 56.6 Å². The van der Waals surface area contributed by atoms with Gasteiger partial charge < -0.3 is 29.7 Å². The second kappa shape index (κ2) is 11.7. The van der Waals surface area contributed by atoms with Crippen molar-refractivity contribution in [2.24, 2.45) is 0 Å². The number of amides is 2. The van der Waals surface area contributed by atoms with Crippen LogP contribution in [-0.2, 0) is 11.3 Å². The number of carbonyl (C=O) groups is 2. The fraction of sp³-hybridized carbons (Fsp3) is 0.219. The largest absolute Gasteiger partial charge is 0.496 e. The van der Waals surface area contributed by atoms with Crippen molar-refractivity contribution in [1.82, 2.24) is 4.98 Å². The maximum atomic E-state index is 13.3. The number of aromatic nitrogens is 1. The predicted octanol–water partition coefficient (Wildman–Crippen LogP) is 6.16. The van der Waals surface area contributed by atoms with Gasteiger partial charge in [0.15, 0.2) is 0 Å². The molecule has 10 heteroatoms. The van der Waals surface area contributed by atoms with E-state index in [1.165, 1.54) is 6.20 Å². The number of likely N-dealkylation sites (N-methyl/N-ethyl adjacent to an activating group) is 1. The molecule has 42 heavy (non-hydrogen) atoms. The highest BCUT2D eigenvalue weighted by Crippen LogP contribution is 2.45. The Kier molecular flexibility index (Phi) is 7.88. The lowest BCUT2D eigenvalue weighted by molar-refractivity contribution is -0.121. The summed E-state index contributed by atoms with van der Waals surface area (Å²) in [6, 6.07) is 20.2. The van der Waals surface area contributed by atoms with Gasteiger partial charge in [-0.1, -0.05) is 18.2 Å². The molecule has 1 aliphatic rings. The number of benzene rings is 3. The summed E-state index contributed by atoms with van der Waals surface area (Å²) in [6.07, 6.45) is 2.49. The normalized spacial score (nSPS) is 13.5. The van der Waals surface area contributed by atoms with Gasteiger partial charge in [-0.3, -0.25) is 15.1 Å². The molecule has 0 unspecified atom stereocenters. The van der Waals surface area contributed by atoms with Gasteiger partial charge in [-0.05, 0) is 61.9 Å². The van der Waals surface area contributed by atoms with Gasteiger partial charge in [-0.15, -0.1) is 0 Å². The van der Waals surface area contributed by atoms with Crippen LogP contribution in [0.25, 0.3) is 11.1 Å². The van der Waals surface area contributed by atoms with E-state index in [-0.39, 0.29) is 5.91 Å². The molecule has 0 bridgehead atoms. The standard InChI is InChI=1S/C32H33N5O5/c1-32(2)30(38)37(3)29-24(19-34-25-10-6-7-11-27(25)40-4)22(14-15-26(29)36-32)23-13-12-21(17-28(23)41-5)42-31(39)35-20-9-8-16-33-18-20/h6-18,34,36H,19H2,1-5H3,(H,35,39). The highest BCUT2D eigenvalue weighted by molar-refractivity contribution is 6.09. The van der Waals surface area contributed by atoms with Crippen LogP contribution in [-0.4, -0.2) is 43.8 Å². The zero-order chi connectivity index (χ0) is 29.9. The van der Waals surface area contributed by atoms with Gasteiger partial charge in [0.05, 0.1) is 43.2 Å². The summed E-state index contributed by atoms with van der Waals surface area (Å²) in [4.78, 5) is 31.5. The molecule has 1 aliphatic heterocycles. The van der Waals surface area contributed by atoms with E-state index in [0.29, 0.717) is 29.5 Å². The van der Waals surface area contributed by atoms with Gasteiger partial charge in [0.25, 0.3) is 5.91 Å². The summed E-state index contributed by atoms with van der Waals surface area (Å²) in [6.45, 7) is 4.11. The molecule has 0 spiro atoms. The van der Waals surface area contributed by atoms with Crippen LogP contribution >= 0.6 is 0 Å². The first kappa shape index (κ1) is 28.3. The Morgan fingerprint density at radius 3 is 2.48 bits per heavy atom. The minimum absolute atomic E-state index is 0.0546. The molecule has 2 heterocycles. The Bertz CT molecular complexity index is 1620. The topological polar surface area (TPSA) is 114 Å². The van der Waals surface area contributed by atoms with Gasteiger partial charge in [0, 0.05) is 37.0 Å².